The number of carboxylic acids is 1. The van der Waals surface area contributed by atoms with E-state index in [9.17, 15) is 4.79 Å². The van der Waals surface area contributed by atoms with Crippen LogP contribution in [0.3, 0.4) is 0 Å². The van der Waals surface area contributed by atoms with Crippen LogP contribution < -0.4 is 0 Å². The van der Waals surface area contributed by atoms with E-state index in [4.69, 9.17) is 32.7 Å². The molecule has 1 heterocycles. The lowest BCUT2D eigenvalue weighted by molar-refractivity contribution is -0.131. The Balaban J connectivity index is 2.43. The molecule has 2 aromatic rings. The fourth-order valence-corrected chi connectivity index (χ4v) is 2.49. The minimum absolute atomic E-state index is 0.412. The molecule has 0 aliphatic carbocycles. The number of aliphatic carboxylic acids is 1. The number of hydrogen-bond donors (Lipinski definition) is 1. The molecule has 0 fully saturated rings. The molecular formula is C13H7BrCl2O3. The first-order valence-electron chi connectivity index (χ1n) is 5.13. The van der Waals surface area contributed by atoms with Crippen molar-refractivity contribution in [1.29, 1.82) is 0 Å². The molecule has 0 atom stereocenters. The van der Waals surface area contributed by atoms with Crippen LogP contribution in [0.4, 0.5) is 0 Å². The molecule has 0 aliphatic heterocycles. The van der Waals surface area contributed by atoms with Crippen LogP contribution >= 0.6 is 39.1 Å². The van der Waals surface area contributed by atoms with Crippen molar-refractivity contribution in [2.75, 3.05) is 0 Å². The summed E-state index contributed by atoms with van der Waals surface area (Å²) in [5, 5.41) is 9.55. The molecule has 19 heavy (non-hydrogen) atoms. The van der Waals surface area contributed by atoms with Crippen molar-refractivity contribution in [3.8, 4) is 11.3 Å². The third-order valence-corrected chi connectivity index (χ3v) is 3.41. The van der Waals surface area contributed by atoms with Crippen molar-refractivity contribution in [2.24, 2.45) is 0 Å². The fraction of sp³-hybridized carbons (Fsp3) is 0. The molecule has 0 radical (unpaired) electrons. The number of rotatable bonds is 3. The zero-order valence-electron chi connectivity index (χ0n) is 9.36. The Morgan fingerprint density at radius 3 is 2.68 bits per heavy atom. The predicted molar refractivity (Wildman–Crippen MR) is 78.5 cm³/mol. The average molecular weight is 362 g/mol. The van der Waals surface area contributed by atoms with Gasteiger partial charge in [0.15, 0.2) is 0 Å². The Hall–Kier alpha value is -1.23. The summed E-state index contributed by atoms with van der Waals surface area (Å²) in [6.07, 6.45) is 2.36. The molecule has 1 N–H and O–H groups in total. The van der Waals surface area contributed by atoms with Crippen LogP contribution in [0.15, 0.2) is 39.2 Å². The van der Waals surface area contributed by atoms with Crippen LogP contribution in [-0.2, 0) is 4.79 Å². The summed E-state index contributed by atoms with van der Waals surface area (Å²) in [7, 11) is 0. The normalized spacial score (nSPS) is 11.1. The molecule has 0 amide bonds. The van der Waals surface area contributed by atoms with E-state index in [-0.39, 0.29) is 0 Å². The molecule has 0 saturated heterocycles. The van der Waals surface area contributed by atoms with Gasteiger partial charge < -0.3 is 9.52 Å². The highest BCUT2D eigenvalue weighted by atomic mass is 79.9. The summed E-state index contributed by atoms with van der Waals surface area (Å²) in [5.41, 5.74) is 0.674. The van der Waals surface area contributed by atoms with Crippen molar-refractivity contribution in [1.82, 2.24) is 0 Å². The van der Waals surface area contributed by atoms with E-state index in [0.717, 1.165) is 6.08 Å². The van der Waals surface area contributed by atoms with Crippen LogP contribution in [-0.4, -0.2) is 11.1 Å². The third kappa shape index (κ3) is 3.41. The van der Waals surface area contributed by atoms with Crippen LogP contribution in [0, 0.1) is 0 Å². The van der Waals surface area contributed by atoms with Gasteiger partial charge >= 0.3 is 5.97 Å². The van der Waals surface area contributed by atoms with Gasteiger partial charge in [0.25, 0.3) is 0 Å². The largest absolute Gasteiger partial charge is 0.478 e. The van der Waals surface area contributed by atoms with E-state index in [2.05, 4.69) is 15.9 Å². The lowest BCUT2D eigenvalue weighted by Crippen LogP contribution is -1.84. The van der Waals surface area contributed by atoms with Crippen molar-refractivity contribution < 1.29 is 14.3 Å². The van der Waals surface area contributed by atoms with Gasteiger partial charge in [-0.15, -0.1) is 0 Å². The van der Waals surface area contributed by atoms with Gasteiger partial charge in [-0.1, -0.05) is 23.2 Å². The first kappa shape index (κ1) is 14.2. The zero-order valence-corrected chi connectivity index (χ0v) is 12.5. The van der Waals surface area contributed by atoms with Crippen molar-refractivity contribution >= 4 is 51.2 Å². The van der Waals surface area contributed by atoms with Crippen LogP contribution in [0.25, 0.3) is 17.4 Å². The van der Waals surface area contributed by atoms with Crippen molar-refractivity contribution in [3.63, 3.8) is 0 Å². The van der Waals surface area contributed by atoms with E-state index in [1.165, 1.54) is 6.08 Å². The second-order valence-corrected chi connectivity index (χ2v) is 5.32. The van der Waals surface area contributed by atoms with Gasteiger partial charge in [0.1, 0.15) is 11.5 Å². The quantitative estimate of drug-likeness (QED) is 0.772. The van der Waals surface area contributed by atoms with Gasteiger partial charge in [0, 0.05) is 16.7 Å². The molecule has 1 aromatic carbocycles. The van der Waals surface area contributed by atoms with Gasteiger partial charge in [-0.2, -0.15) is 0 Å². The molecule has 0 unspecified atom stereocenters. The molecule has 0 saturated carbocycles. The molecule has 0 aliphatic rings. The molecule has 2 rings (SSSR count). The van der Waals surface area contributed by atoms with E-state index in [1.54, 1.807) is 24.3 Å². The monoisotopic (exact) mass is 360 g/mol. The predicted octanol–water partition coefficient (Wildman–Crippen LogP) is 5.11. The summed E-state index contributed by atoms with van der Waals surface area (Å²) < 4.78 is 6.23. The third-order valence-electron chi connectivity index (χ3n) is 2.27. The second-order valence-electron chi connectivity index (χ2n) is 3.62. The summed E-state index contributed by atoms with van der Waals surface area (Å²) in [5.74, 6) is -0.111. The van der Waals surface area contributed by atoms with E-state index >= 15 is 0 Å². The summed E-state index contributed by atoms with van der Waals surface area (Å²) in [6, 6.07) is 6.71. The lowest BCUT2D eigenvalue weighted by atomic mass is 10.2. The number of benzene rings is 1. The number of hydrogen-bond acceptors (Lipinski definition) is 2. The zero-order chi connectivity index (χ0) is 14.0. The van der Waals surface area contributed by atoms with Crippen LogP contribution in [0.5, 0.6) is 0 Å². The maximum atomic E-state index is 10.4. The summed E-state index contributed by atoms with van der Waals surface area (Å²) >= 11 is 15.3. The molecule has 98 valence electrons. The van der Waals surface area contributed by atoms with E-state index in [1.807, 2.05) is 0 Å². The van der Waals surface area contributed by atoms with Gasteiger partial charge in [-0.25, -0.2) is 4.79 Å². The Kier molecular flexibility index (Phi) is 4.34. The summed E-state index contributed by atoms with van der Waals surface area (Å²) in [6.45, 7) is 0. The SMILES string of the molecule is O=C(O)/C=C/c1cc(Br)c(-c2ccc(Cl)cc2Cl)o1. The summed E-state index contributed by atoms with van der Waals surface area (Å²) in [4.78, 5) is 10.4. The van der Waals surface area contributed by atoms with E-state index in [0.29, 0.717) is 31.6 Å². The molecule has 1 aromatic heterocycles. The maximum absolute atomic E-state index is 10.4. The molecule has 0 bridgehead atoms. The minimum Gasteiger partial charge on any atom is -0.478 e. The highest BCUT2D eigenvalue weighted by molar-refractivity contribution is 9.10. The Labute approximate surface area is 127 Å². The van der Waals surface area contributed by atoms with Crippen molar-refractivity contribution in [3.05, 3.63) is 50.6 Å². The smallest absolute Gasteiger partial charge is 0.328 e. The Morgan fingerprint density at radius 1 is 1.32 bits per heavy atom. The van der Waals surface area contributed by atoms with Crippen LogP contribution in [0.2, 0.25) is 10.0 Å². The van der Waals surface area contributed by atoms with Crippen LogP contribution in [0.1, 0.15) is 5.76 Å². The Bertz CT molecular complexity index is 662. The molecular weight excluding hydrogens is 355 g/mol. The topological polar surface area (TPSA) is 50.4 Å². The fourth-order valence-electron chi connectivity index (χ4n) is 1.48. The van der Waals surface area contributed by atoms with Gasteiger partial charge in [-0.3, -0.25) is 0 Å². The standard InChI is InChI=1S/C13H7BrCl2O3/c14-10-6-8(2-4-12(17)18)19-13(10)9-3-1-7(15)5-11(9)16/h1-6H,(H,17,18)/b4-2+. The lowest BCUT2D eigenvalue weighted by Gasteiger charge is -2.02. The van der Waals surface area contributed by atoms with E-state index < -0.39 is 5.97 Å². The first-order chi connectivity index (χ1) is 8.97. The van der Waals surface area contributed by atoms with Crippen molar-refractivity contribution in [2.45, 2.75) is 0 Å². The number of halogens is 3. The number of carbonyl (C=O) groups is 1. The minimum atomic E-state index is -1.04. The van der Waals surface area contributed by atoms with Gasteiger partial charge in [0.2, 0.25) is 0 Å². The highest BCUT2D eigenvalue weighted by Gasteiger charge is 2.13. The molecule has 0 spiro atoms. The second kappa shape index (κ2) is 5.82. The average Bonchev–Trinajstić information content (AvgIpc) is 2.68. The van der Waals surface area contributed by atoms with Gasteiger partial charge in [0.05, 0.1) is 9.50 Å². The maximum Gasteiger partial charge on any atom is 0.328 e. The Morgan fingerprint density at radius 2 is 2.05 bits per heavy atom. The number of furan rings is 1. The first-order valence-corrected chi connectivity index (χ1v) is 6.68. The number of carboxylic acid groups (broad SMARTS) is 1. The van der Waals surface area contributed by atoms with Gasteiger partial charge in [-0.05, 0) is 46.3 Å². The highest BCUT2D eigenvalue weighted by Crippen LogP contribution is 2.37. The molecule has 3 nitrogen and oxygen atoms in total. The molecule has 6 heteroatoms.